The molecule has 0 unspecified atom stereocenters. The number of hydrogen-bond donors (Lipinski definition) is 1. The summed E-state index contributed by atoms with van der Waals surface area (Å²) in [5.74, 6) is 0.476. The number of anilines is 1. The Kier molecular flexibility index (Phi) is 3.39. The van der Waals surface area contributed by atoms with E-state index in [1.807, 2.05) is 13.0 Å². The van der Waals surface area contributed by atoms with Crippen LogP contribution in [-0.2, 0) is 0 Å². The second kappa shape index (κ2) is 5.22. The minimum Gasteiger partial charge on any atom is -0.380 e. The molecule has 21 heavy (non-hydrogen) atoms. The number of nitrogens with two attached hydrogens (primary N) is 1. The van der Waals surface area contributed by atoms with Crippen LogP contribution < -0.4 is 5.73 Å². The van der Waals surface area contributed by atoms with Crippen molar-refractivity contribution >= 4 is 17.4 Å². The van der Waals surface area contributed by atoms with Crippen molar-refractivity contribution in [1.29, 1.82) is 0 Å². The Morgan fingerprint density at radius 1 is 1.14 bits per heavy atom. The van der Waals surface area contributed by atoms with Crippen molar-refractivity contribution in [2.75, 3.05) is 5.73 Å². The number of aryl methyl sites for hydroxylation is 1. The molecule has 0 aliphatic carbocycles. The molecule has 0 saturated heterocycles. The molecule has 106 valence electrons. The van der Waals surface area contributed by atoms with E-state index in [2.05, 4.69) is 5.16 Å². The van der Waals surface area contributed by atoms with Gasteiger partial charge in [0, 0.05) is 10.6 Å². The number of nitrogens with zero attached hydrogens (tertiary/aromatic N) is 1. The minimum absolute atomic E-state index is 0.260. The molecule has 0 aliphatic rings. The van der Waals surface area contributed by atoms with Crippen molar-refractivity contribution in [1.82, 2.24) is 5.16 Å². The van der Waals surface area contributed by atoms with Gasteiger partial charge in [0.05, 0.1) is 5.56 Å². The van der Waals surface area contributed by atoms with Crippen LogP contribution in [0.5, 0.6) is 0 Å². The highest BCUT2D eigenvalue weighted by Crippen LogP contribution is 2.38. The van der Waals surface area contributed by atoms with Gasteiger partial charge in [-0.05, 0) is 42.3 Å². The molecule has 0 aliphatic heterocycles. The first-order valence-corrected chi connectivity index (χ1v) is 6.71. The van der Waals surface area contributed by atoms with Crippen molar-refractivity contribution in [3.05, 3.63) is 58.9 Å². The van der Waals surface area contributed by atoms with Crippen LogP contribution in [0, 0.1) is 12.7 Å². The lowest BCUT2D eigenvalue weighted by atomic mass is 9.99. The maximum absolute atomic E-state index is 13.1. The van der Waals surface area contributed by atoms with Crippen LogP contribution in [0.25, 0.3) is 22.5 Å². The Bertz CT molecular complexity index is 797. The summed E-state index contributed by atoms with van der Waals surface area (Å²) in [6.07, 6.45) is 0. The van der Waals surface area contributed by atoms with Gasteiger partial charge in [-0.3, -0.25) is 0 Å². The van der Waals surface area contributed by atoms with E-state index in [1.165, 1.54) is 12.1 Å². The Hall–Kier alpha value is -2.33. The summed E-state index contributed by atoms with van der Waals surface area (Å²) in [6, 6.07) is 11.5. The predicted octanol–water partition coefficient (Wildman–Crippen LogP) is 4.69. The van der Waals surface area contributed by atoms with E-state index in [4.69, 9.17) is 21.9 Å². The molecule has 3 rings (SSSR count). The number of aromatic nitrogens is 1. The van der Waals surface area contributed by atoms with Crippen molar-refractivity contribution in [2.45, 2.75) is 6.92 Å². The van der Waals surface area contributed by atoms with E-state index >= 15 is 0 Å². The van der Waals surface area contributed by atoms with E-state index < -0.39 is 0 Å². The van der Waals surface area contributed by atoms with E-state index in [0.717, 1.165) is 16.7 Å². The molecule has 2 aromatic carbocycles. The molecule has 0 spiro atoms. The molecule has 3 aromatic rings. The molecule has 0 atom stereocenters. The third-order valence-corrected chi connectivity index (χ3v) is 3.53. The van der Waals surface area contributed by atoms with Gasteiger partial charge in [-0.1, -0.05) is 35.0 Å². The van der Waals surface area contributed by atoms with Crippen molar-refractivity contribution < 1.29 is 8.91 Å². The highest BCUT2D eigenvalue weighted by Gasteiger charge is 2.19. The fourth-order valence-corrected chi connectivity index (χ4v) is 2.39. The number of rotatable bonds is 2. The third kappa shape index (κ3) is 2.50. The summed E-state index contributed by atoms with van der Waals surface area (Å²) in [5.41, 5.74) is 9.08. The average molecular weight is 303 g/mol. The van der Waals surface area contributed by atoms with E-state index in [9.17, 15) is 4.39 Å². The Labute approximate surface area is 126 Å². The van der Waals surface area contributed by atoms with Crippen LogP contribution in [0.2, 0.25) is 5.02 Å². The first-order valence-electron chi connectivity index (χ1n) is 6.34. The SMILES string of the molecule is Cc1ccc(Cl)cc1-c1onc(N)c1-c1ccc(F)cc1. The molecule has 3 nitrogen and oxygen atoms in total. The van der Waals surface area contributed by atoms with E-state index in [0.29, 0.717) is 16.3 Å². The maximum Gasteiger partial charge on any atom is 0.177 e. The van der Waals surface area contributed by atoms with Gasteiger partial charge >= 0.3 is 0 Å². The molecule has 0 amide bonds. The van der Waals surface area contributed by atoms with Crippen LogP contribution in [0.3, 0.4) is 0 Å². The highest BCUT2D eigenvalue weighted by molar-refractivity contribution is 6.30. The average Bonchev–Trinajstić information content (AvgIpc) is 2.84. The number of halogens is 2. The van der Waals surface area contributed by atoms with Gasteiger partial charge in [-0.25, -0.2) is 4.39 Å². The Balaban J connectivity index is 2.21. The molecule has 1 heterocycles. The summed E-state index contributed by atoms with van der Waals surface area (Å²) < 4.78 is 18.5. The molecular weight excluding hydrogens is 291 g/mol. The van der Waals surface area contributed by atoms with Crippen molar-refractivity contribution in [3.63, 3.8) is 0 Å². The molecule has 2 N–H and O–H groups in total. The summed E-state index contributed by atoms with van der Waals surface area (Å²) in [7, 11) is 0. The Morgan fingerprint density at radius 3 is 2.57 bits per heavy atom. The second-order valence-electron chi connectivity index (χ2n) is 4.74. The predicted molar refractivity (Wildman–Crippen MR) is 81.5 cm³/mol. The topological polar surface area (TPSA) is 52.0 Å². The van der Waals surface area contributed by atoms with Gasteiger partial charge in [-0.2, -0.15) is 0 Å². The number of nitrogen functional groups attached to an aromatic ring is 1. The third-order valence-electron chi connectivity index (χ3n) is 3.30. The molecule has 0 fully saturated rings. The molecule has 0 radical (unpaired) electrons. The minimum atomic E-state index is -0.311. The first kappa shape index (κ1) is 13.6. The quantitative estimate of drug-likeness (QED) is 0.747. The summed E-state index contributed by atoms with van der Waals surface area (Å²) in [4.78, 5) is 0. The normalized spacial score (nSPS) is 10.8. The van der Waals surface area contributed by atoms with Gasteiger partial charge < -0.3 is 10.3 Å². The summed E-state index contributed by atoms with van der Waals surface area (Å²) in [5, 5.41) is 4.42. The summed E-state index contributed by atoms with van der Waals surface area (Å²) >= 11 is 6.05. The van der Waals surface area contributed by atoms with Crippen LogP contribution >= 0.6 is 11.6 Å². The molecule has 0 bridgehead atoms. The number of benzene rings is 2. The lowest BCUT2D eigenvalue weighted by Crippen LogP contribution is -1.90. The van der Waals surface area contributed by atoms with E-state index in [-0.39, 0.29) is 11.6 Å². The van der Waals surface area contributed by atoms with Gasteiger partial charge in [-0.15, -0.1) is 0 Å². The van der Waals surface area contributed by atoms with Crippen LogP contribution in [0.1, 0.15) is 5.56 Å². The zero-order valence-electron chi connectivity index (χ0n) is 11.2. The van der Waals surface area contributed by atoms with E-state index in [1.54, 1.807) is 24.3 Å². The number of hydrogen-bond acceptors (Lipinski definition) is 3. The van der Waals surface area contributed by atoms with Gasteiger partial charge in [0.25, 0.3) is 0 Å². The fraction of sp³-hybridized carbons (Fsp3) is 0.0625. The zero-order chi connectivity index (χ0) is 15.0. The molecule has 1 aromatic heterocycles. The van der Waals surface area contributed by atoms with Gasteiger partial charge in [0.15, 0.2) is 11.6 Å². The van der Waals surface area contributed by atoms with Crippen LogP contribution in [0.4, 0.5) is 10.2 Å². The molecule has 0 saturated carbocycles. The lowest BCUT2D eigenvalue weighted by molar-refractivity contribution is 0.436. The molecule has 5 heteroatoms. The second-order valence-corrected chi connectivity index (χ2v) is 5.17. The lowest BCUT2D eigenvalue weighted by Gasteiger charge is -2.06. The highest BCUT2D eigenvalue weighted by atomic mass is 35.5. The first-order chi connectivity index (χ1) is 10.1. The Morgan fingerprint density at radius 2 is 1.86 bits per heavy atom. The summed E-state index contributed by atoms with van der Waals surface area (Å²) in [6.45, 7) is 1.94. The fourth-order valence-electron chi connectivity index (χ4n) is 2.22. The standard InChI is InChI=1S/C16H12ClFN2O/c1-9-2-5-11(17)8-13(9)15-14(16(19)20-21-15)10-3-6-12(18)7-4-10/h2-8H,1H3,(H2,19,20). The van der Waals surface area contributed by atoms with Crippen LogP contribution in [0.15, 0.2) is 47.0 Å². The maximum atomic E-state index is 13.1. The largest absolute Gasteiger partial charge is 0.380 e. The van der Waals surface area contributed by atoms with Crippen LogP contribution in [-0.4, -0.2) is 5.16 Å². The zero-order valence-corrected chi connectivity index (χ0v) is 12.0. The van der Waals surface area contributed by atoms with Crippen molar-refractivity contribution in [3.8, 4) is 22.5 Å². The van der Waals surface area contributed by atoms with Gasteiger partial charge in [0.1, 0.15) is 5.82 Å². The monoisotopic (exact) mass is 302 g/mol. The smallest absolute Gasteiger partial charge is 0.177 e. The van der Waals surface area contributed by atoms with Gasteiger partial charge in [0.2, 0.25) is 0 Å². The van der Waals surface area contributed by atoms with Crippen molar-refractivity contribution in [2.24, 2.45) is 0 Å². The molecular formula is C16H12ClFN2O.